The van der Waals surface area contributed by atoms with Gasteiger partial charge in [0.25, 0.3) is 11.8 Å². The number of halogens is 1. The van der Waals surface area contributed by atoms with Gasteiger partial charge in [0, 0.05) is 23.3 Å². The van der Waals surface area contributed by atoms with Gasteiger partial charge in [0.05, 0.1) is 14.2 Å². The number of hydrogen-bond acceptors (Lipinski definition) is 4. The predicted molar refractivity (Wildman–Crippen MR) is 90.6 cm³/mol. The van der Waals surface area contributed by atoms with Crippen LogP contribution < -0.4 is 20.3 Å². The third kappa shape index (κ3) is 5.07. The van der Waals surface area contributed by atoms with Gasteiger partial charge in [0.1, 0.15) is 17.3 Å². The fraction of sp³-hybridized carbons (Fsp3) is 0.111. The lowest BCUT2D eigenvalue weighted by atomic mass is 10.1. The summed E-state index contributed by atoms with van der Waals surface area (Å²) in [6.45, 7) is 0. The highest BCUT2D eigenvalue weighted by Crippen LogP contribution is 2.25. The molecule has 0 aromatic heterocycles. The van der Waals surface area contributed by atoms with Gasteiger partial charge in [0.2, 0.25) is 0 Å². The SMILES string of the molecule is COc1ccc(/C=C/C(=O)NNC(=O)c2ccc(F)cc2)c(OC)c1. The molecular formula is C18H17FN2O4. The number of hydrazine groups is 1. The first-order valence-electron chi connectivity index (χ1n) is 7.29. The molecule has 0 fully saturated rings. The molecule has 0 bridgehead atoms. The van der Waals surface area contributed by atoms with Crippen LogP contribution in [0.1, 0.15) is 15.9 Å². The Balaban J connectivity index is 1.94. The first kappa shape index (κ1) is 18.0. The fourth-order valence-corrected chi connectivity index (χ4v) is 1.96. The number of benzene rings is 2. The molecule has 2 amide bonds. The van der Waals surface area contributed by atoms with Gasteiger partial charge in [-0.25, -0.2) is 4.39 Å². The lowest BCUT2D eigenvalue weighted by Crippen LogP contribution is -2.40. The van der Waals surface area contributed by atoms with Crippen molar-refractivity contribution in [3.8, 4) is 11.5 Å². The van der Waals surface area contributed by atoms with Crippen LogP contribution in [0.5, 0.6) is 11.5 Å². The van der Waals surface area contributed by atoms with Gasteiger partial charge >= 0.3 is 0 Å². The monoisotopic (exact) mass is 344 g/mol. The van der Waals surface area contributed by atoms with Crippen LogP contribution >= 0.6 is 0 Å². The van der Waals surface area contributed by atoms with Gasteiger partial charge in [0.15, 0.2) is 0 Å². The molecule has 0 heterocycles. The molecule has 0 aliphatic carbocycles. The second kappa shape index (κ2) is 8.49. The highest BCUT2D eigenvalue weighted by atomic mass is 19.1. The molecule has 130 valence electrons. The van der Waals surface area contributed by atoms with Crippen molar-refractivity contribution in [3.05, 3.63) is 65.5 Å². The second-order valence-electron chi connectivity index (χ2n) is 4.89. The van der Waals surface area contributed by atoms with Crippen molar-refractivity contribution < 1.29 is 23.5 Å². The van der Waals surface area contributed by atoms with E-state index in [9.17, 15) is 14.0 Å². The molecular weight excluding hydrogens is 327 g/mol. The van der Waals surface area contributed by atoms with Gasteiger partial charge < -0.3 is 9.47 Å². The first-order chi connectivity index (χ1) is 12.0. The predicted octanol–water partition coefficient (Wildman–Crippen LogP) is 2.32. The average molecular weight is 344 g/mol. The van der Waals surface area contributed by atoms with Crippen molar-refractivity contribution in [1.29, 1.82) is 0 Å². The molecule has 6 nitrogen and oxygen atoms in total. The third-order valence-electron chi connectivity index (χ3n) is 3.26. The summed E-state index contributed by atoms with van der Waals surface area (Å²) in [7, 11) is 3.05. The van der Waals surface area contributed by atoms with E-state index in [0.717, 1.165) is 12.1 Å². The van der Waals surface area contributed by atoms with Gasteiger partial charge in [-0.15, -0.1) is 0 Å². The standard InChI is InChI=1S/C18H17FN2O4/c1-24-15-9-5-12(16(11-15)25-2)6-10-17(22)20-21-18(23)13-3-7-14(19)8-4-13/h3-11H,1-2H3,(H,20,22)(H,21,23)/b10-6+. The minimum absolute atomic E-state index is 0.225. The number of carbonyl (C=O) groups is 2. The Kier molecular flexibility index (Phi) is 6.11. The summed E-state index contributed by atoms with van der Waals surface area (Å²) in [4.78, 5) is 23.6. The number of hydrogen-bond donors (Lipinski definition) is 2. The lowest BCUT2D eigenvalue weighted by Gasteiger charge is -2.07. The minimum Gasteiger partial charge on any atom is -0.497 e. The Morgan fingerprint density at radius 1 is 1.00 bits per heavy atom. The Labute approximate surface area is 144 Å². The molecule has 0 saturated heterocycles. The molecule has 7 heteroatoms. The maximum Gasteiger partial charge on any atom is 0.269 e. The number of ether oxygens (including phenoxy) is 2. The van der Waals surface area contributed by atoms with Crippen LogP contribution in [-0.4, -0.2) is 26.0 Å². The molecule has 0 unspecified atom stereocenters. The van der Waals surface area contributed by atoms with Crippen LogP contribution in [-0.2, 0) is 4.79 Å². The van der Waals surface area contributed by atoms with Crippen LogP contribution in [0, 0.1) is 5.82 Å². The van der Waals surface area contributed by atoms with Crippen molar-refractivity contribution >= 4 is 17.9 Å². The lowest BCUT2D eigenvalue weighted by molar-refractivity contribution is -0.117. The van der Waals surface area contributed by atoms with Gasteiger partial charge in [-0.1, -0.05) is 0 Å². The molecule has 2 aromatic rings. The third-order valence-corrected chi connectivity index (χ3v) is 3.26. The summed E-state index contributed by atoms with van der Waals surface area (Å²) in [5, 5.41) is 0. The molecule has 0 atom stereocenters. The van der Waals surface area contributed by atoms with Crippen molar-refractivity contribution in [2.24, 2.45) is 0 Å². The average Bonchev–Trinajstić information content (AvgIpc) is 2.64. The Hall–Kier alpha value is -3.35. The van der Waals surface area contributed by atoms with Gasteiger partial charge in [-0.05, 0) is 42.5 Å². The summed E-state index contributed by atoms with van der Waals surface area (Å²) in [6, 6.07) is 10.1. The highest BCUT2D eigenvalue weighted by molar-refractivity contribution is 5.98. The summed E-state index contributed by atoms with van der Waals surface area (Å²) >= 11 is 0. The van der Waals surface area contributed by atoms with E-state index in [2.05, 4.69) is 10.9 Å². The molecule has 0 spiro atoms. The molecule has 0 saturated carbocycles. The van der Waals surface area contributed by atoms with Crippen LogP contribution in [0.4, 0.5) is 4.39 Å². The maximum atomic E-state index is 12.8. The van der Waals surface area contributed by atoms with Crippen LogP contribution in [0.15, 0.2) is 48.5 Å². The van der Waals surface area contributed by atoms with Crippen LogP contribution in [0.2, 0.25) is 0 Å². The second-order valence-corrected chi connectivity index (χ2v) is 4.89. The molecule has 2 rings (SSSR count). The van der Waals surface area contributed by atoms with E-state index in [-0.39, 0.29) is 5.56 Å². The Morgan fingerprint density at radius 3 is 2.36 bits per heavy atom. The Morgan fingerprint density at radius 2 is 1.72 bits per heavy atom. The van der Waals surface area contributed by atoms with E-state index >= 15 is 0 Å². The van der Waals surface area contributed by atoms with E-state index < -0.39 is 17.6 Å². The summed E-state index contributed by atoms with van der Waals surface area (Å²) < 4.78 is 23.1. The maximum absolute atomic E-state index is 12.8. The number of carbonyl (C=O) groups excluding carboxylic acids is 2. The molecule has 2 aromatic carbocycles. The van der Waals surface area contributed by atoms with E-state index in [1.165, 1.54) is 31.4 Å². The smallest absolute Gasteiger partial charge is 0.269 e. The zero-order valence-corrected chi connectivity index (χ0v) is 13.7. The number of rotatable bonds is 5. The number of nitrogens with one attached hydrogen (secondary N) is 2. The molecule has 25 heavy (non-hydrogen) atoms. The molecule has 2 N–H and O–H groups in total. The van der Waals surface area contributed by atoms with E-state index in [1.807, 2.05) is 0 Å². The first-order valence-corrected chi connectivity index (χ1v) is 7.29. The van der Waals surface area contributed by atoms with Crippen LogP contribution in [0.3, 0.4) is 0 Å². The minimum atomic E-state index is -0.552. The summed E-state index contributed by atoms with van der Waals surface area (Å²) in [5.74, 6) is -0.363. The normalized spacial score (nSPS) is 10.4. The fourth-order valence-electron chi connectivity index (χ4n) is 1.96. The molecule has 0 aliphatic heterocycles. The number of amides is 2. The Bertz CT molecular complexity index is 788. The zero-order valence-electron chi connectivity index (χ0n) is 13.7. The largest absolute Gasteiger partial charge is 0.497 e. The van der Waals surface area contributed by atoms with Gasteiger partial charge in [-0.3, -0.25) is 20.4 Å². The van der Waals surface area contributed by atoms with Crippen molar-refractivity contribution in [3.63, 3.8) is 0 Å². The zero-order chi connectivity index (χ0) is 18.2. The van der Waals surface area contributed by atoms with Crippen molar-refractivity contribution in [2.45, 2.75) is 0 Å². The van der Waals surface area contributed by atoms with Gasteiger partial charge in [-0.2, -0.15) is 0 Å². The quantitative estimate of drug-likeness (QED) is 0.645. The van der Waals surface area contributed by atoms with Crippen molar-refractivity contribution in [2.75, 3.05) is 14.2 Å². The summed E-state index contributed by atoms with van der Waals surface area (Å²) in [6.07, 6.45) is 2.78. The highest BCUT2D eigenvalue weighted by Gasteiger charge is 2.06. The van der Waals surface area contributed by atoms with Crippen molar-refractivity contribution in [1.82, 2.24) is 10.9 Å². The van der Waals surface area contributed by atoms with E-state index in [1.54, 1.807) is 25.3 Å². The molecule has 0 radical (unpaired) electrons. The topological polar surface area (TPSA) is 76.7 Å². The van der Waals surface area contributed by atoms with E-state index in [4.69, 9.17) is 9.47 Å². The van der Waals surface area contributed by atoms with E-state index in [0.29, 0.717) is 17.1 Å². The summed E-state index contributed by atoms with van der Waals surface area (Å²) in [5.41, 5.74) is 5.37. The number of methoxy groups -OCH3 is 2. The van der Waals surface area contributed by atoms with Crippen LogP contribution in [0.25, 0.3) is 6.08 Å². The molecule has 0 aliphatic rings.